The Hall–Kier alpha value is -1.16. The van der Waals surface area contributed by atoms with E-state index in [4.69, 9.17) is 11.6 Å². The van der Waals surface area contributed by atoms with Gasteiger partial charge in [0.25, 0.3) is 5.91 Å². The molecule has 0 radical (unpaired) electrons. The summed E-state index contributed by atoms with van der Waals surface area (Å²) in [6.45, 7) is 3.42. The number of nitrogens with one attached hydrogen (secondary N) is 3. The zero-order chi connectivity index (χ0) is 14.5. The second-order valence-electron chi connectivity index (χ2n) is 5.35. The predicted octanol–water partition coefficient (Wildman–Crippen LogP) is 1.55. The molecule has 0 spiro atoms. The number of fused-ring (bicyclic) bond motifs is 1. The maximum absolute atomic E-state index is 14.1. The van der Waals surface area contributed by atoms with E-state index in [0.29, 0.717) is 26.9 Å². The fourth-order valence-corrected chi connectivity index (χ4v) is 2.70. The highest BCUT2D eigenvalue weighted by atomic mass is 35.5. The van der Waals surface area contributed by atoms with Crippen LogP contribution in [0.5, 0.6) is 0 Å². The van der Waals surface area contributed by atoms with E-state index in [2.05, 4.69) is 24.9 Å². The van der Waals surface area contributed by atoms with E-state index in [9.17, 15) is 9.18 Å². The Bertz CT molecular complexity index is 711. The number of carbonyl (C=O) groups is 1. The van der Waals surface area contributed by atoms with Gasteiger partial charge < -0.3 is 15.6 Å². The lowest BCUT2D eigenvalue weighted by Crippen LogP contribution is -2.67. The number of halogens is 2. The smallest absolute Gasteiger partial charge is 0.268 e. The molecule has 0 saturated carbocycles. The van der Waals surface area contributed by atoms with Crippen LogP contribution >= 0.6 is 20.8 Å². The molecule has 0 bridgehead atoms. The molecule has 1 aliphatic rings. The van der Waals surface area contributed by atoms with Crippen LogP contribution < -0.4 is 15.9 Å². The molecule has 0 aliphatic carbocycles. The quantitative estimate of drug-likeness (QED) is 0.737. The summed E-state index contributed by atoms with van der Waals surface area (Å²) < 4.78 is 14.1. The monoisotopic (exact) mass is 313 g/mol. The van der Waals surface area contributed by atoms with Gasteiger partial charge in [0, 0.05) is 23.8 Å². The minimum atomic E-state index is -0.451. The molecular formula is C13H14ClFN3OP. The molecule has 2 heterocycles. The second kappa shape index (κ2) is 4.69. The molecule has 1 aromatic heterocycles. The van der Waals surface area contributed by atoms with E-state index in [1.165, 1.54) is 0 Å². The average molecular weight is 314 g/mol. The minimum Gasteiger partial charge on any atom is -0.348 e. The molecule has 1 fully saturated rings. The number of benzene rings is 1. The third kappa shape index (κ3) is 2.20. The molecule has 106 valence electrons. The lowest BCUT2D eigenvalue weighted by atomic mass is 9.95. The number of H-pyrrole nitrogens is 1. The highest BCUT2D eigenvalue weighted by Crippen LogP contribution is 2.24. The van der Waals surface area contributed by atoms with Crippen LogP contribution in [0.15, 0.2) is 12.1 Å². The van der Waals surface area contributed by atoms with Crippen molar-refractivity contribution in [2.24, 2.45) is 0 Å². The molecular weight excluding hydrogens is 300 g/mol. The zero-order valence-corrected chi connectivity index (χ0v) is 12.7. The van der Waals surface area contributed by atoms with E-state index in [-0.39, 0.29) is 11.4 Å². The Kier molecular flexibility index (Phi) is 3.24. The molecule has 1 saturated heterocycles. The lowest BCUT2D eigenvalue weighted by Gasteiger charge is -2.39. The van der Waals surface area contributed by atoms with E-state index >= 15 is 0 Å². The molecule has 3 rings (SSSR count). The van der Waals surface area contributed by atoms with Crippen molar-refractivity contribution in [1.29, 1.82) is 0 Å². The van der Waals surface area contributed by atoms with Gasteiger partial charge in [-0.3, -0.25) is 4.79 Å². The number of hydrogen-bond acceptors (Lipinski definition) is 2. The van der Waals surface area contributed by atoms with E-state index in [1.807, 2.05) is 6.92 Å². The number of amides is 1. The first kappa shape index (κ1) is 13.8. The molecule has 20 heavy (non-hydrogen) atoms. The highest BCUT2D eigenvalue weighted by Gasteiger charge is 2.33. The van der Waals surface area contributed by atoms with Crippen molar-refractivity contribution in [3.63, 3.8) is 0 Å². The largest absolute Gasteiger partial charge is 0.348 e. The van der Waals surface area contributed by atoms with Crippen LogP contribution in [0, 0.1) is 5.82 Å². The van der Waals surface area contributed by atoms with Crippen molar-refractivity contribution in [2.75, 3.05) is 13.1 Å². The first-order valence-electron chi connectivity index (χ1n) is 6.19. The van der Waals surface area contributed by atoms with E-state index < -0.39 is 5.82 Å². The van der Waals surface area contributed by atoms with Crippen LogP contribution in [-0.2, 0) is 0 Å². The highest BCUT2D eigenvalue weighted by molar-refractivity contribution is 7.28. The summed E-state index contributed by atoms with van der Waals surface area (Å²) in [4.78, 5) is 15.0. The van der Waals surface area contributed by atoms with Gasteiger partial charge in [0.05, 0.1) is 16.1 Å². The third-order valence-corrected chi connectivity index (χ3v) is 4.59. The number of hydrogen-bond donors (Lipinski definition) is 3. The Labute approximate surface area is 122 Å². The maximum Gasteiger partial charge on any atom is 0.268 e. The molecule has 1 amide bonds. The van der Waals surface area contributed by atoms with Gasteiger partial charge >= 0.3 is 0 Å². The number of aromatic amines is 1. The van der Waals surface area contributed by atoms with Gasteiger partial charge in [-0.2, -0.15) is 0 Å². The lowest BCUT2D eigenvalue weighted by molar-refractivity contribution is 0.0868. The summed E-state index contributed by atoms with van der Waals surface area (Å²) in [5.74, 6) is -0.695. The fraction of sp³-hybridized carbons (Fsp3) is 0.308. The molecule has 4 nitrogen and oxygen atoms in total. The van der Waals surface area contributed by atoms with Crippen LogP contribution in [-0.4, -0.2) is 29.5 Å². The number of rotatable bonds is 2. The van der Waals surface area contributed by atoms with Gasteiger partial charge in [-0.15, -0.1) is 9.24 Å². The number of carbonyl (C=O) groups excluding carboxylic acids is 1. The third-order valence-electron chi connectivity index (χ3n) is 3.53. The summed E-state index contributed by atoms with van der Waals surface area (Å²) in [5, 5.41) is 7.23. The Morgan fingerprint density at radius 3 is 2.80 bits per heavy atom. The number of aromatic nitrogens is 1. The van der Waals surface area contributed by atoms with Crippen molar-refractivity contribution in [2.45, 2.75) is 12.5 Å². The van der Waals surface area contributed by atoms with E-state index in [0.717, 1.165) is 13.1 Å². The zero-order valence-electron chi connectivity index (χ0n) is 10.8. The van der Waals surface area contributed by atoms with Crippen molar-refractivity contribution < 1.29 is 9.18 Å². The van der Waals surface area contributed by atoms with Crippen molar-refractivity contribution in [1.82, 2.24) is 15.6 Å². The standard InChI is InChI=1S/C13H14ClFN3OP/c1-13(4-16-5-13)18-12(19)8-3-6-2-7(14)11(20)9(15)10(6)17-8/h2-3,16-17H,4-5,20H2,1H3,(H,18,19). The van der Waals surface area contributed by atoms with Crippen LogP contribution in [0.25, 0.3) is 10.9 Å². The summed E-state index contributed by atoms with van der Waals surface area (Å²) in [6.07, 6.45) is 0. The summed E-state index contributed by atoms with van der Waals surface area (Å²) in [7, 11) is 2.26. The molecule has 1 unspecified atom stereocenters. The molecule has 3 N–H and O–H groups in total. The van der Waals surface area contributed by atoms with Gasteiger partial charge in [0.15, 0.2) is 5.82 Å². The first-order chi connectivity index (χ1) is 9.39. The van der Waals surface area contributed by atoms with Gasteiger partial charge in [0.1, 0.15) is 5.69 Å². The Morgan fingerprint density at radius 1 is 1.50 bits per heavy atom. The Morgan fingerprint density at radius 2 is 2.20 bits per heavy atom. The second-order valence-corrected chi connectivity index (χ2v) is 6.34. The normalized spacial score (nSPS) is 17.0. The Balaban J connectivity index is 1.96. The maximum atomic E-state index is 14.1. The molecule has 2 aromatic rings. The molecule has 1 aromatic carbocycles. The fourth-order valence-electron chi connectivity index (χ4n) is 2.27. The van der Waals surface area contributed by atoms with Crippen LogP contribution in [0.3, 0.4) is 0 Å². The molecule has 1 aliphatic heterocycles. The van der Waals surface area contributed by atoms with Gasteiger partial charge in [-0.25, -0.2) is 4.39 Å². The van der Waals surface area contributed by atoms with Crippen molar-refractivity contribution in [3.8, 4) is 0 Å². The van der Waals surface area contributed by atoms with Crippen LogP contribution in [0.1, 0.15) is 17.4 Å². The van der Waals surface area contributed by atoms with Crippen LogP contribution in [0.4, 0.5) is 4.39 Å². The topological polar surface area (TPSA) is 56.9 Å². The van der Waals surface area contributed by atoms with Crippen LogP contribution in [0.2, 0.25) is 5.02 Å². The SMILES string of the molecule is CC1(NC(=O)c2cc3cc(Cl)c(P)c(F)c3[nH]2)CNC1. The summed E-state index contributed by atoms with van der Waals surface area (Å²) in [5.41, 5.74) is 0.385. The molecule has 7 heteroatoms. The average Bonchev–Trinajstić information content (AvgIpc) is 2.78. The van der Waals surface area contributed by atoms with Gasteiger partial charge in [0.2, 0.25) is 0 Å². The summed E-state index contributed by atoms with van der Waals surface area (Å²) in [6, 6.07) is 3.25. The van der Waals surface area contributed by atoms with Crippen molar-refractivity contribution >= 4 is 43.0 Å². The van der Waals surface area contributed by atoms with Gasteiger partial charge in [-0.1, -0.05) is 11.6 Å². The first-order valence-corrected chi connectivity index (χ1v) is 7.14. The minimum absolute atomic E-state index is 0.240. The molecule has 1 atom stereocenters. The summed E-state index contributed by atoms with van der Waals surface area (Å²) >= 11 is 5.94. The van der Waals surface area contributed by atoms with Crippen molar-refractivity contribution in [3.05, 3.63) is 28.7 Å². The predicted molar refractivity (Wildman–Crippen MR) is 81.4 cm³/mol. The van der Waals surface area contributed by atoms with E-state index in [1.54, 1.807) is 12.1 Å². The van der Waals surface area contributed by atoms with Gasteiger partial charge in [-0.05, 0) is 19.1 Å².